The van der Waals surface area contributed by atoms with Crippen molar-refractivity contribution in [2.45, 2.75) is 0 Å². The van der Waals surface area contributed by atoms with Crippen LogP contribution in [0.25, 0.3) is 0 Å². The zero-order valence-corrected chi connectivity index (χ0v) is 7.23. The van der Waals surface area contributed by atoms with Gasteiger partial charge in [-0.15, -0.1) is 0 Å². The summed E-state index contributed by atoms with van der Waals surface area (Å²) in [6.45, 7) is 0. The molecule has 1 N–H and O–H groups in total. The van der Waals surface area contributed by atoms with Gasteiger partial charge in [0.25, 0.3) is 0 Å². The Morgan fingerprint density at radius 1 is 1.55 bits per heavy atom. The molecule has 1 atom stereocenters. The topological polar surface area (TPSA) is 29.1 Å². The minimum absolute atomic E-state index is 0.616. The van der Waals surface area contributed by atoms with Crippen molar-refractivity contribution >= 4 is 10.8 Å². The summed E-state index contributed by atoms with van der Waals surface area (Å²) in [5.74, 6) is 0.616. The molecule has 0 amide bonds. The van der Waals surface area contributed by atoms with E-state index in [4.69, 9.17) is 0 Å². The van der Waals surface area contributed by atoms with E-state index in [1.165, 1.54) is 0 Å². The number of hydrogen-bond donors (Lipinski definition) is 1. The van der Waals surface area contributed by atoms with Crippen LogP contribution >= 0.6 is 0 Å². The van der Waals surface area contributed by atoms with Gasteiger partial charge >= 0.3 is 0 Å². The molecule has 1 aliphatic rings. The van der Waals surface area contributed by atoms with E-state index in [9.17, 15) is 4.21 Å². The second-order valence-electron chi connectivity index (χ2n) is 2.32. The Balaban J connectivity index is 2.58. The molecule has 0 spiro atoms. The van der Waals surface area contributed by atoms with Crippen LogP contribution in [0.3, 0.4) is 0 Å². The van der Waals surface area contributed by atoms with Crippen molar-refractivity contribution in [2.24, 2.45) is 0 Å². The highest BCUT2D eigenvalue weighted by molar-refractivity contribution is 7.84. The molecule has 0 aliphatic carbocycles. The van der Waals surface area contributed by atoms with Gasteiger partial charge < -0.3 is 5.32 Å². The summed E-state index contributed by atoms with van der Waals surface area (Å²) >= 11 is 0. The molecule has 0 radical (unpaired) electrons. The van der Waals surface area contributed by atoms with E-state index in [2.05, 4.69) is 5.32 Å². The monoisotopic (exact) mass is 169 g/mol. The van der Waals surface area contributed by atoms with E-state index in [0.717, 1.165) is 5.57 Å². The molecule has 0 bridgehead atoms. The summed E-state index contributed by atoms with van der Waals surface area (Å²) in [7, 11) is -0.758. The lowest BCUT2D eigenvalue weighted by molar-refractivity contribution is 0.688. The molecule has 0 aromatic rings. The highest BCUT2D eigenvalue weighted by atomic mass is 32.2. The van der Waals surface area contributed by atoms with Crippen molar-refractivity contribution in [3.05, 3.63) is 36.2 Å². The van der Waals surface area contributed by atoms with E-state index < -0.39 is 10.8 Å². The Morgan fingerprint density at radius 3 is 3.09 bits per heavy atom. The molecule has 1 rings (SSSR count). The second kappa shape index (κ2) is 4.13. The SMILES string of the molecule is CS(=O)CC1=CNC=CC=C1. The molecule has 60 valence electrons. The Morgan fingerprint density at radius 2 is 2.36 bits per heavy atom. The van der Waals surface area contributed by atoms with Gasteiger partial charge in [0.2, 0.25) is 0 Å². The normalized spacial score (nSPS) is 18.5. The fourth-order valence-corrected chi connectivity index (χ4v) is 1.47. The minimum atomic E-state index is -0.758. The van der Waals surface area contributed by atoms with E-state index in [0.29, 0.717) is 5.75 Å². The van der Waals surface area contributed by atoms with Gasteiger partial charge in [0, 0.05) is 35.2 Å². The van der Waals surface area contributed by atoms with Crippen molar-refractivity contribution in [1.29, 1.82) is 0 Å². The largest absolute Gasteiger partial charge is 0.367 e. The molecule has 0 saturated heterocycles. The maximum Gasteiger partial charge on any atom is 0.0497 e. The standard InChI is InChI=1S/C8H11NOS/c1-11(10)7-8-4-2-3-5-9-6-8/h2-6,9H,7H2,1H3. The molecule has 0 aromatic carbocycles. The second-order valence-corrected chi connectivity index (χ2v) is 3.76. The summed E-state index contributed by atoms with van der Waals surface area (Å²) in [5.41, 5.74) is 1.07. The highest BCUT2D eigenvalue weighted by Crippen LogP contribution is 2.00. The van der Waals surface area contributed by atoms with Crippen LogP contribution in [0.15, 0.2) is 36.2 Å². The third kappa shape index (κ3) is 3.18. The predicted molar refractivity (Wildman–Crippen MR) is 48.4 cm³/mol. The van der Waals surface area contributed by atoms with E-state index in [1.807, 2.05) is 30.6 Å². The van der Waals surface area contributed by atoms with Crippen molar-refractivity contribution < 1.29 is 4.21 Å². The quantitative estimate of drug-likeness (QED) is 0.666. The van der Waals surface area contributed by atoms with Gasteiger partial charge in [-0.25, -0.2) is 0 Å². The fraction of sp³-hybridized carbons (Fsp3) is 0.250. The zero-order chi connectivity index (χ0) is 8.10. The van der Waals surface area contributed by atoms with Crippen LogP contribution in [0.4, 0.5) is 0 Å². The highest BCUT2D eigenvalue weighted by Gasteiger charge is 1.95. The lowest BCUT2D eigenvalue weighted by Crippen LogP contribution is -2.00. The summed E-state index contributed by atoms with van der Waals surface area (Å²) < 4.78 is 10.8. The summed E-state index contributed by atoms with van der Waals surface area (Å²) in [4.78, 5) is 0. The van der Waals surface area contributed by atoms with E-state index in [1.54, 1.807) is 6.26 Å². The van der Waals surface area contributed by atoms with Crippen LogP contribution in [-0.2, 0) is 10.8 Å². The van der Waals surface area contributed by atoms with E-state index in [-0.39, 0.29) is 0 Å². The van der Waals surface area contributed by atoms with Crippen LogP contribution in [-0.4, -0.2) is 16.2 Å². The molecule has 1 heterocycles. The Labute approximate surface area is 69.1 Å². The van der Waals surface area contributed by atoms with Gasteiger partial charge in [0.15, 0.2) is 0 Å². The van der Waals surface area contributed by atoms with Crippen molar-refractivity contribution in [1.82, 2.24) is 5.32 Å². The van der Waals surface area contributed by atoms with Crippen LogP contribution in [0.1, 0.15) is 0 Å². The molecule has 2 nitrogen and oxygen atoms in total. The fourth-order valence-electron chi connectivity index (χ4n) is 0.818. The van der Waals surface area contributed by atoms with E-state index >= 15 is 0 Å². The third-order valence-electron chi connectivity index (χ3n) is 1.25. The van der Waals surface area contributed by atoms with Crippen LogP contribution in [0, 0.1) is 0 Å². The van der Waals surface area contributed by atoms with Crippen LogP contribution < -0.4 is 5.32 Å². The molecule has 0 fully saturated rings. The van der Waals surface area contributed by atoms with Gasteiger partial charge in [0.05, 0.1) is 0 Å². The molecule has 0 saturated carbocycles. The van der Waals surface area contributed by atoms with Crippen LogP contribution in [0.5, 0.6) is 0 Å². The van der Waals surface area contributed by atoms with Gasteiger partial charge in [0.1, 0.15) is 0 Å². The molecule has 3 heteroatoms. The van der Waals surface area contributed by atoms with Crippen molar-refractivity contribution in [2.75, 3.05) is 12.0 Å². The first-order valence-corrected chi connectivity index (χ1v) is 5.10. The first kappa shape index (κ1) is 8.27. The van der Waals surface area contributed by atoms with Crippen molar-refractivity contribution in [3.63, 3.8) is 0 Å². The number of allylic oxidation sites excluding steroid dienone is 3. The summed E-state index contributed by atoms with van der Waals surface area (Å²) in [6.07, 6.45) is 11.2. The maximum atomic E-state index is 10.8. The van der Waals surface area contributed by atoms with Gasteiger partial charge in [-0.1, -0.05) is 12.2 Å². The summed E-state index contributed by atoms with van der Waals surface area (Å²) in [5, 5.41) is 2.96. The minimum Gasteiger partial charge on any atom is -0.367 e. The number of nitrogens with one attached hydrogen (secondary N) is 1. The Kier molecular flexibility index (Phi) is 3.11. The smallest absolute Gasteiger partial charge is 0.0497 e. The molecule has 1 unspecified atom stereocenters. The molecule has 11 heavy (non-hydrogen) atoms. The number of rotatable bonds is 2. The van der Waals surface area contributed by atoms with Crippen molar-refractivity contribution in [3.8, 4) is 0 Å². The maximum absolute atomic E-state index is 10.8. The summed E-state index contributed by atoms with van der Waals surface area (Å²) in [6, 6.07) is 0. The lowest BCUT2D eigenvalue weighted by atomic mass is 10.3. The Bertz CT molecular complexity index is 240. The molecular formula is C8H11NOS. The van der Waals surface area contributed by atoms with Gasteiger partial charge in [-0.05, 0) is 11.6 Å². The predicted octanol–water partition coefficient (Wildman–Crippen LogP) is 0.922. The first-order chi connectivity index (χ1) is 5.29. The first-order valence-electron chi connectivity index (χ1n) is 3.37. The third-order valence-corrected chi connectivity index (χ3v) is 1.99. The molecule has 1 aliphatic heterocycles. The number of hydrogen-bond acceptors (Lipinski definition) is 2. The zero-order valence-electron chi connectivity index (χ0n) is 6.41. The van der Waals surface area contributed by atoms with Crippen LogP contribution in [0.2, 0.25) is 0 Å². The molecular weight excluding hydrogens is 158 g/mol. The lowest BCUT2D eigenvalue weighted by Gasteiger charge is -1.96. The van der Waals surface area contributed by atoms with Gasteiger partial charge in [-0.3, -0.25) is 4.21 Å². The Hall–Kier alpha value is -0.830. The average molecular weight is 169 g/mol. The van der Waals surface area contributed by atoms with Gasteiger partial charge in [-0.2, -0.15) is 0 Å². The average Bonchev–Trinajstić information content (AvgIpc) is 2.14. The molecule has 0 aromatic heterocycles.